The smallest absolute Gasteiger partial charge is 0.223 e. The van der Waals surface area contributed by atoms with Crippen molar-refractivity contribution in [1.29, 1.82) is 0 Å². The van der Waals surface area contributed by atoms with Crippen LogP contribution in [0, 0.1) is 5.92 Å². The maximum Gasteiger partial charge on any atom is 0.223 e. The molecule has 0 unspecified atom stereocenters. The third kappa shape index (κ3) is 5.75. The van der Waals surface area contributed by atoms with Crippen molar-refractivity contribution in [2.24, 2.45) is 5.92 Å². The van der Waals surface area contributed by atoms with Crippen LogP contribution in [0.2, 0.25) is 0 Å². The predicted molar refractivity (Wildman–Crippen MR) is 124 cm³/mol. The quantitative estimate of drug-likeness (QED) is 0.547. The van der Waals surface area contributed by atoms with Crippen LogP contribution in [0.5, 0.6) is 5.75 Å². The van der Waals surface area contributed by atoms with E-state index in [-0.39, 0.29) is 11.8 Å². The molecule has 2 aromatic carbocycles. The summed E-state index contributed by atoms with van der Waals surface area (Å²) in [4.78, 5) is 12.6. The standard InChI is InChI=1S/C26H32N4O2/c1-32-23-15-12-21(13-16-23)19-30-24(17-14-20-8-4-2-5-9-20)28-29-25(30)18-27-26(31)22-10-6-3-7-11-22/h2,4-5,8-9,12-13,15-16,22H,3,6-7,10-11,14,17-19H2,1H3,(H,27,31). The molecule has 0 aliphatic heterocycles. The van der Waals surface area contributed by atoms with Crippen LogP contribution in [-0.2, 0) is 30.7 Å². The second kappa shape index (κ2) is 10.9. The average Bonchev–Trinajstić information content (AvgIpc) is 3.24. The number of ether oxygens (including phenoxy) is 1. The zero-order chi connectivity index (χ0) is 22.2. The average molecular weight is 433 g/mol. The highest BCUT2D eigenvalue weighted by molar-refractivity contribution is 5.78. The number of rotatable bonds is 9. The Bertz CT molecular complexity index is 992. The Hall–Kier alpha value is -3.15. The summed E-state index contributed by atoms with van der Waals surface area (Å²) in [7, 11) is 1.67. The van der Waals surface area contributed by atoms with Gasteiger partial charge in [0.05, 0.1) is 20.2 Å². The predicted octanol–water partition coefficient (Wildman–Crippen LogP) is 4.32. The molecule has 1 amide bonds. The van der Waals surface area contributed by atoms with Crippen LogP contribution in [0.4, 0.5) is 0 Å². The van der Waals surface area contributed by atoms with Gasteiger partial charge < -0.3 is 14.6 Å². The Morgan fingerprint density at radius 1 is 0.938 bits per heavy atom. The second-order valence-corrected chi connectivity index (χ2v) is 8.51. The molecular formula is C26H32N4O2. The van der Waals surface area contributed by atoms with Gasteiger partial charge >= 0.3 is 0 Å². The Balaban J connectivity index is 1.48. The van der Waals surface area contributed by atoms with E-state index in [0.29, 0.717) is 13.1 Å². The van der Waals surface area contributed by atoms with Crippen molar-refractivity contribution >= 4 is 5.91 Å². The number of aromatic nitrogens is 3. The number of carbonyl (C=O) groups is 1. The fourth-order valence-corrected chi connectivity index (χ4v) is 4.36. The van der Waals surface area contributed by atoms with Crippen molar-refractivity contribution in [3.63, 3.8) is 0 Å². The zero-order valence-corrected chi connectivity index (χ0v) is 18.8. The highest BCUT2D eigenvalue weighted by Crippen LogP contribution is 2.23. The molecule has 0 spiro atoms. The summed E-state index contributed by atoms with van der Waals surface area (Å²) in [6.07, 6.45) is 7.22. The van der Waals surface area contributed by atoms with Crippen LogP contribution >= 0.6 is 0 Å². The van der Waals surface area contributed by atoms with Crippen LogP contribution in [-0.4, -0.2) is 27.8 Å². The maximum absolute atomic E-state index is 12.6. The molecule has 1 heterocycles. The molecule has 168 valence electrons. The topological polar surface area (TPSA) is 69.0 Å². The molecule has 4 rings (SSSR count). The summed E-state index contributed by atoms with van der Waals surface area (Å²) in [5.74, 6) is 2.86. The van der Waals surface area contributed by atoms with Crippen LogP contribution in [0.1, 0.15) is 54.9 Å². The number of hydrogen-bond acceptors (Lipinski definition) is 4. The van der Waals surface area contributed by atoms with Gasteiger partial charge in [0.1, 0.15) is 11.6 Å². The fraction of sp³-hybridized carbons (Fsp3) is 0.423. The van der Waals surface area contributed by atoms with Gasteiger partial charge in [-0.15, -0.1) is 10.2 Å². The zero-order valence-electron chi connectivity index (χ0n) is 18.8. The fourth-order valence-electron chi connectivity index (χ4n) is 4.36. The lowest BCUT2D eigenvalue weighted by molar-refractivity contribution is -0.126. The van der Waals surface area contributed by atoms with E-state index in [2.05, 4.69) is 56.5 Å². The van der Waals surface area contributed by atoms with E-state index in [4.69, 9.17) is 4.74 Å². The van der Waals surface area contributed by atoms with Crippen molar-refractivity contribution in [2.45, 2.75) is 58.0 Å². The Labute approximate surface area is 190 Å². The molecule has 1 fully saturated rings. The second-order valence-electron chi connectivity index (χ2n) is 8.51. The summed E-state index contributed by atoms with van der Waals surface area (Å²) in [6, 6.07) is 18.5. The minimum Gasteiger partial charge on any atom is -0.497 e. The first kappa shape index (κ1) is 22.1. The van der Waals surface area contributed by atoms with E-state index in [1.54, 1.807) is 7.11 Å². The molecule has 1 N–H and O–H groups in total. The first-order valence-corrected chi connectivity index (χ1v) is 11.6. The Morgan fingerprint density at radius 3 is 2.38 bits per heavy atom. The van der Waals surface area contributed by atoms with Crippen LogP contribution in [0.3, 0.4) is 0 Å². The molecule has 1 aliphatic rings. The van der Waals surface area contributed by atoms with Gasteiger partial charge in [-0.25, -0.2) is 0 Å². The summed E-state index contributed by atoms with van der Waals surface area (Å²) in [6.45, 7) is 1.07. The van der Waals surface area contributed by atoms with Crippen LogP contribution in [0.15, 0.2) is 54.6 Å². The molecule has 0 saturated heterocycles. The SMILES string of the molecule is COc1ccc(Cn2c(CCc3ccccc3)nnc2CNC(=O)C2CCCCC2)cc1. The molecule has 1 aromatic heterocycles. The third-order valence-corrected chi connectivity index (χ3v) is 6.28. The first-order valence-electron chi connectivity index (χ1n) is 11.6. The van der Waals surface area contributed by atoms with E-state index in [1.807, 2.05) is 18.2 Å². The molecule has 0 atom stereocenters. The number of nitrogens with one attached hydrogen (secondary N) is 1. The lowest BCUT2D eigenvalue weighted by atomic mass is 9.89. The van der Waals surface area contributed by atoms with Crippen LogP contribution in [0.25, 0.3) is 0 Å². The van der Waals surface area contributed by atoms with Crippen molar-refractivity contribution in [3.05, 3.63) is 77.4 Å². The van der Waals surface area contributed by atoms with Crippen LogP contribution < -0.4 is 10.1 Å². The van der Waals surface area contributed by atoms with E-state index < -0.39 is 0 Å². The van der Waals surface area contributed by atoms with Crippen molar-refractivity contribution < 1.29 is 9.53 Å². The number of methoxy groups -OCH3 is 1. The Kier molecular flexibility index (Phi) is 7.54. The number of aryl methyl sites for hydroxylation is 2. The first-order chi connectivity index (χ1) is 15.7. The van der Waals surface area contributed by atoms with Gasteiger partial charge in [-0.05, 0) is 42.5 Å². The number of hydrogen-bond donors (Lipinski definition) is 1. The van der Waals surface area contributed by atoms with Gasteiger partial charge in [-0.3, -0.25) is 4.79 Å². The van der Waals surface area contributed by atoms with Gasteiger partial charge in [0.15, 0.2) is 5.82 Å². The number of carbonyl (C=O) groups excluding carboxylic acids is 1. The summed E-state index contributed by atoms with van der Waals surface area (Å²) < 4.78 is 7.43. The molecular weight excluding hydrogens is 400 g/mol. The molecule has 6 nitrogen and oxygen atoms in total. The minimum absolute atomic E-state index is 0.138. The number of nitrogens with zero attached hydrogens (tertiary/aromatic N) is 3. The van der Waals surface area contributed by atoms with E-state index in [9.17, 15) is 4.79 Å². The summed E-state index contributed by atoms with van der Waals surface area (Å²) >= 11 is 0. The van der Waals surface area contributed by atoms with Crippen molar-refractivity contribution in [1.82, 2.24) is 20.1 Å². The molecule has 3 aromatic rings. The van der Waals surface area contributed by atoms with Gasteiger partial charge in [0.2, 0.25) is 5.91 Å². The van der Waals surface area contributed by atoms with E-state index in [0.717, 1.165) is 61.5 Å². The highest BCUT2D eigenvalue weighted by Gasteiger charge is 2.22. The minimum atomic E-state index is 0.138. The highest BCUT2D eigenvalue weighted by atomic mass is 16.5. The van der Waals surface area contributed by atoms with Gasteiger partial charge in [0.25, 0.3) is 0 Å². The molecule has 0 radical (unpaired) electrons. The van der Waals surface area contributed by atoms with Crippen molar-refractivity contribution in [3.8, 4) is 5.75 Å². The Morgan fingerprint density at radius 2 is 1.66 bits per heavy atom. The van der Waals surface area contributed by atoms with Gasteiger partial charge in [-0.1, -0.05) is 61.7 Å². The molecule has 6 heteroatoms. The summed E-state index contributed by atoms with van der Waals surface area (Å²) in [5.41, 5.74) is 2.42. The third-order valence-electron chi connectivity index (χ3n) is 6.28. The van der Waals surface area contributed by atoms with Crippen molar-refractivity contribution in [2.75, 3.05) is 7.11 Å². The lowest BCUT2D eigenvalue weighted by Gasteiger charge is -2.20. The van der Waals surface area contributed by atoms with E-state index in [1.165, 1.54) is 12.0 Å². The molecule has 0 bridgehead atoms. The summed E-state index contributed by atoms with van der Waals surface area (Å²) in [5, 5.41) is 12.1. The molecule has 32 heavy (non-hydrogen) atoms. The maximum atomic E-state index is 12.6. The number of amides is 1. The van der Waals surface area contributed by atoms with Gasteiger partial charge in [0, 0.05) is 12.3 Å². The molecule has 1 saturated carbocycles. The monoisotopic (exact) mass is 432 g/mol. The number of benzene rings is 2. The van der Waals surface area contributed by atoms with E-state index >= 15 is 0 Å². The van der Waals surface area contributed by atoms with Gasteiger partial charge in [-0.2, -0.15) is 0 Å². The normalized spacial score (nSPS) is 14.3. The largest absolute Gasteiger partial charge is 0.497 e. The molecule has 1 aliphatic carbocycles. The lowest BCUT2D eigenvalue weighted by Crippen LogP contribution is -2.32.